The first-order valence-electron chi connectivity index (χ1n) is 5.15. The van der Waals surface area contributed by atoms with E-state index in [2.05, 4.69) is 5.32 Å². The maximum atomic E-state index is 11.7. The fourth-order valence-electron chi connectivity index (χ4n) is 1.68. The van der Waals surface area contributed by atoms with Gasteiger partial charge in [0.15, 0.2) is 0 Å². The highest BCUT2D eigenvalue weighted by Gasteiger charge is 2.48. The molecule has 2 N–H and O–H groups in total. The Balaban J connectivity index is 1.87. The Bertz CT molecular complexity index is 401. The van der Waals surface area contributed by atoms with Crippen LogP contribution >= 0.6 is 11.3 Å². The number of rotatable bonds is 4. The Morgan fingerprint density at radius 2 is 2.31 bits per heavy atom. The molecular weight excluding hydrogens is 226 g/mol. The number of hydrogen-bond acceptors (Lipinski definition) is 3. The Morgan fingerprint density at radius 1 is 1.56 bits per heavy atom. The molecule has 3 atom stereocenters. The van der Waals surface area contributed by atoms with E-state index in [4.69, 9.17) is 5.11 Å². The fourth-order valence-corrected chi connectivity index (χ4v) is 2.44. The van der Waals surface area contributed by atoms with Crippen molar-refractivity contribution in [1.82, 2.24) is 5.32 Å². The summed E-state index contributed by atoms with van der Waals surface area (Å²) < 4.78 is 0. The van der Waals surface area contributed by atoms with Gasteiger partial charge in [0.25, 0.3) is 0 Å². The Morgan fingerprint density at radius 3 is 2.81 bits per heavy atom. The van der Waals surface area contributed by atoms with Gasteiger partial charge >= 0.3 is 5.97 Å². The molecule has 4 nitrogen and oxygen atoms in total. The minimum atomic E-state index is -0.872. The Hall–Kier alpha value is -1.36. The molecule has 1 unspecified atom stereocenters. The van der Waals surface area contributed by atoms with Crippen LogP contribution in [0.1, 0.15) is 24.9 Å². The van der Waals surface area contributed by atoms with Gasteiger partial charge in [0.1, 0.15) is 0 Å². The standard InChI is InChI=1S/C11H13NO3S/c1-6(7-2-3-16-5-7)12-10(13)8-4-9(8)11(14)15/h2-3,5-6,8-9H,4H2,1H3,(H,12,13)(H,14,15)/t6?,8-,9+/m1/s1. The molecule has 1 amide bonds. The third-order valence-corrected chi connectivity index (χ3v) is 3.55. The van der Waals surface area contributed by atoms with Gasteiger partial charge in [-0.25, -0.2) is 0 Å². The largest absolute Gasteiger partial charge is 0.481 e. The topological polar surface area (TPSA) is 66.4 Å². The smallest absolute Gasteiger partial charge is 0.307 e. The summed E-state index contributed by atoms with van der Waals surface area (Å²) in [5, 5.41) is 15.5. The molecule has 0 radical (unpaired) electrons. The van der Waals surface area contributed by atoms with E-state index in [1.54, 1.807) is 11.3 Å². The number of thiophene rings is 1. The predicted octanol–water partition coefficient (Wildman–Crippen LogP) is 1.65. The van der Waals surface area contributed by atoms with Gasteiger partial charge in [-0.15, -0.1) is 0 Å². The molecule has 1 aliphatic rings. The zero-order chi connectivity index (χ0) is 11.7. The molecule has 0 bridgehead atoms. The molecule has 1 heterocycles. The minimum absolute atomic E-state index is 0.0474. The predicted molar refractivity (Wildman–Crippen MR) is 60.1 cm³/mol. The summed E-state index contributed by atoms with van der Waals surface area (Å²) in [7, 11) is 0. The van der Waals surface area contributed by atoms with Crippen LogP contribution < -0.4 is 5.32 Å². The van der Waals surface area contributed by atoms with E-state index in [0.717, 1.165) is 5.56 Å². The van der Waals surface area contributed by atoms with Crippen molar-refractivity contribution < 1.29 is 14.7 Å². The molecule has 1 aromatic rings. The lowest BCUT2D eigenvalue weighted by Crippen LogP contribution is -2.28. The van der Waals surface area contributed by atoms with Gasteiger partial charge in [0.05, 0.1) is 17.9 Å². The van der Waals surface area contributed by atoms with E-state index in [1.807, 2.05) is 23.8 Å². The SMILES string of the molecule is CC(NC(=O)[C@@H]1C[C@@H]1C(=O)O)c1ccsc1. The number of hydrogen-bond donors (Lipinski definition) is 2. The number of carbonyl (C=O) groups excluding carboxylic acids is 1. The normalized spacial score (nSPS) is 24.8. The number of carboxylic acid groups (broad SMARTS) is 1. The van der Waals surface area contributed by atoms with E-state index in [0.29, 0.717) is 6.42 Å². The van der Waals surface area contributed by atoms with Crippen LogP contribution in [-0.4, -0.2) is 17.0 Å². The van der Waals surface area contributed by atoms with Crippen molar-refractivity contribution >= 4 is 23.2 Å². The monoisotopic (exact) mass is 239 g/mol. The molecular formula is C11H13NO3S. The van der Waals surface area contributed by atoms with Crippen LogP contribution in [0.15, 0.2) is 16.8 Å². The zero-order valence-electron chi connectivity index (χ0n) is 8.84. The van der Waals surface area contributed by atoms with Crippen molar-refractivity contribution in [3.05, 3.63) is 22.4 Å². The van der Waals surface area contributed by atoms with Crippen molar-refractivity contribution in [2.24, 2.45) is 11.8 Å². The number of amides is 1. The van der Waals surface area contributed by atoms with Crippen molar-refractivity contribution in [2.45, 2.75) is 19.4 Å². The molecule has 86 valence electrons. The lowest BCUT2D eigenvalue weighted by Gasteiger charge is -2.12. The van der Waals surface area contributed by atoms with E-state index in [1.165, 1.54) is 0 Å². The van der Waals surface area contributed by atoms with Gasteiger partial charge < -0.3 is 10.4 Å². The highest BCUT2D eigenvalue weighted by atomic mass is 32.1. The molecule has 1 fully saturated rings. The van der Waals surface area contributed by atoms with Gasteiger partial charge in [-0.05, 0) is 35.7 Å². The summed E-state index contributed by atoms with van der Waals surface area (Å²) in [6.45, 7) is 1.90. The summed E-state index contributed by atoms with van der Waals surface area (Å²) in [5.74, 6) is -1.83. The minimum Gasteiger partial charge on any atom is -0.481 e. The van der Waals surface area contributed by atoms with Gasteiger partial charge in [-0.3, -0.25) is 9.59 Å². The fraction of sp³-hybridized carbons (Fsp3) is 0.455. The third-order valence-electron chi connectivity index (χ3n) is 2.85. The summed E-state index contributed by atoms with van der Waals surface area (Å²) in [6, 6.07) is 1.91. The second-order valence-electron chi connectivity index (χ2n) is 4.07. The van der Waals surface area contributed by atoms with Crippen molar-refractivity contribution in [3.8, 4) is 0 Å². The first-order chi connectivity index (χ1) is 7.59. The van der Waals surface area contributed by atoms with Crippen LogP contribution in [0, 0.1) is 11.8 Å². The van der Waals surface area contributed by atoms with Crippen molar-refractivity contribution in [3.63, 3.8) is 0 Å². The summed E-state index contributed by atoms with van der Waals surface area (Å²) >= 11 is 1.58. The van der Waals surface area contributed by atoms with Crippen LogP contribution in [-0.2, 0) is 9.59 Å². The first kappa shape index (κ1) is 11.1. The van der Waals surface area contributed by atoms with E-state index >= 15 is 0 Å². The summed E-state index contributed by atoms with van der Waals surface area (Å²) in [6.07, 6.45) is 0.470. The molecule has 1 aromatic heterocycles. The first-order valence-corrected chi connectivity index (χ1v) is 6.09. The van der Waals surface area contributed by atoms with Crippen molar-refractivity contribution in [2.75, 3.05) is 0 Å². The second-order valence-corrected chi connectivity index (χ2v) is 4.85. The Labute approximate surface area is 97.3 Å². The molecule has 0 aromatic carbocycles. The van der Waals surface area contributed by atoms with Gasteiger partial charge in [-0.1, -0.05) is 0 Å². The van der Waals surface area contributed by atoms with Gasteiger partial charge in [0.2, 0.25) is 5.91 Å². The molecule has 0 spiro atoms. The van der Waals surface area contributed by atoms with Gasteiger partial charge in [0, 0.05) is 0 Å². The molecule has 2 rings (SSSR count). The number of aliphatic carboxylic acids is 1. The average Bonchev–Trinajstić information content (AvgIpc) is 2.85. The molecule has 16 heavy (non-hydrogen) atoms. The quantitative estimate of drug-likeness (QED) is 0.839. The maximum Gasteiger partial charge on any atom is 0.307 e. The van der Waals surface area contributed by atoms with Gasteiger partial charge in [-0.2, -0.15) is 11.3 Å². The lowest BCUT2D eigenvalue weighted by atomic mass is 10.1. The number of carboxylic acids is 1. The van der Waals surface area contributed by atoms with Crippen LogP contribution in [0.3, 0.4) is 0 Å². The van der Waals surface area contributed by atoms with E-state index in [9.17, 15) is 9.59 Å². The average molecular weight is 239 g/mol. The second kappa shape index (κ2) is 4.25. The summed E-state index contributed by atoms with van der Waals surface area (Å²) in [5.41, 5.74) is 1.06. The van der Waals surface area contributed by atoms with Crippen LogP contribution in [0.4, 0.5) is 0 Å². The molecule has 0 aliphatic heterocycles. The Kier molecular flexibility index (Phi) is 2.96. The zero-order valence-corrected chi connectivity index (χ0v) is 9.66. The maximum absolute atomic E-state index is 11.7. The summed E-state index contributed by atoms with van der Waals surface area (Å²) in [4.78, 5) is 22.3. The molecule has 5 heteroatoms. The van der Waals surface area contributed by atoms with Crippen molar-refractivity contribution in [1.29, 1.82) is 0 Å². The molecule has 0 saturated heterocycles. The number of nitrogens with one attached hydrogen (secondary N) is 1. The third kappa shape index (κ3) is 2.24. The van der Waals surface area contributed by atoms with E-state index in [-0.39, 0.29) is 17.9 Å². The molecule has 1 aliphatic carbocycles. The van der Waals surface area contributed by atoms with E-state index < -0.39 is 11.9 Å². The van der Waals surface area contributed by atoms with Crippen LogP contribution in [0.2, 0.25) is 0 Å². The lowest BCUT2D eigenvalue weighted by molar-refractivity contribution is -0.140. The highest BCUT2D eigenvalue weighted by molar-refractivity contribution is 7.07. The number of carbonyl (C=O) groups is 2. The highest BCUT2D eigenvalue weighted by Crippen LogP contribution is 2.39. The molecule has 1 saturated carbocycles. The van der Waals surface area contributed by atoms with Crippen LogP contribution in [0.5, 0.6) is 0 Å². The van der Waals surface area contributed by atoms with Crippen LogP contribution in [0.25, 0.3) is 0 Å².